The summed E-state index contributed by atoms with van der Waals surface area (Å²) in [6.45, 7) is 10.6. The van der Waals surface area contributed by atoms with Crippen LogP contribution in [0.1, 0.15) is 40.0 Å². The highest BCUT2D eigenvalue weighted by Gasteiger charge is 2.24. The Hall–Kier alpha value is -0.120. The molecule has 3 unspecified atom stereocenters. The van der Waals surface area contributed by atoms with Crippen molar-refractivity contribution < 1.29 is 5.11 Å². The van der Waals surface area contributed by atoms with Crippen molar-refractivity contribution in [2.45, 2.75) is 52.2 Å². The molecule has 2 N–H and O–H groups in total. The fraction of sp³-hybridized carbons (Fsp3) is 1.00. The van der Waals surface area contributed by atoms with Gasteiger partial charge in [0.15, 0.2) is 0 Å². The van der Waals surface area contributed by atoms with Crippen LogP contribution < -0.4 is 5.32 Å². The Labute approximate surface area is 100 Å². The molecule has 0 bridgehead atoms. The highest BCUT2D eigenvalue weighted by atomic mass is 16.3. The second-order valence-corrected chi connectivity index (χ2v) is 5.25. The van der Waals surface area contributed by atoms with Crippen molar-refractivity contribution in [3.63, 3.8) is 0 Å². The molecule has 1 rings (SSSR count). The van der Waals surface area contributed by atoms with Crippen molar-refractivity contribution in [3.05, 3.63) is 0 Å². The molecular weight excluding hydrogens is 200 g/mol. The minimum absolute atomic E-state index is 0.197. The van der Waals surface area contributed by atoms with E-state index in [2.05, 4.69) is 24.1 Å². The maximum Gasteiger partial charge on any atom is 0.0639 e. The molecule has 0 radical (unpaired) electrons. The second-order valence-electron chi connectivity index (χ2n) is 5.25. The zero-order valence-electron chi connectivity index (χ0n) is 11.1. The van der Waals surface area contributed by atoms with Crippen LogP contribution in [0, 0.1) is 5.92 Å². The first-order valence-corrected chi connectivity index (χ1v) is 6.77. The zero-order chi connectivity index (χ0) is 12.0. The van der Waals surface area contributed by atoms with Crippen molar-refractivity contribution in [2.75, 3.05) is 26.2 Å². The smallest absolute Gasteiger partial charge is 0.0639 e. The second kappa shape index (κ2) is 7.25. The van der Waals surface area contributed by atoms with Crippen molar-refractivity contribution in [2.24, 2.45) is 5.92 Å². The number of rotatable bonds is 6. The van der Waals surface area contributed by atoms with Gasteiger partial charge in [0, 0.05) is 19.1 Å². The van der Waals surface area contributed by atoms with Crippen LogP contribution in [0.4, 0.5) is 0 Å². The number of β-amino-alcohol motifs (C(OH)–C–C–N with tert-alkyl or cyclic N) is 1. The van der Waals surface area contributed by atoms with E-state index in [4.69, 9.17) is 0 Å². The fourth-order valence-corrected chi connectivity index (χ4v) is 2.58. The molecule has 0 spiro atoms. The molecule has 1 aliphatic rings. The van der Waals surface area contributed by atoms with Gasteiger partial charge in [-0.25, -0.2) is 0 Å². The summed E-state index contributed by atoms with van der Waals surface area (Å²) in [5.41, 5.74) is 0. The summed E-state index contributed by atoms with van der Waals surface area (Å²) in [6, 6.07) is 0.608. The van der Waals surface area contributed by atoms with E-state index >= 15 is 0 Å². The molecule has 1 heterocycles. The number of nitrogens with one attached hydrogen (secondary N) is 1. The zero-order valence-corrected chi connectivity index (χ0v) is 11.1. The molecule has 0 aliphatic carbocycles. The lowest BCUT2D eigenvalue weighted by atomic mass is 9.91. The molecule has 3 nitrogen and oxygen atoms in total. The van der Waals surface area contributed by atoms with E-state index in [1.165, 1.54) is 19.3 Å². The molecule has 1 aliphatic heterocycles. The predicted octanol–water partition coefficient (Wildman–Crippen LogP) is 1.47. The van der Waals surface area contributed by atoms with E-state index in [0.29, 0.717) is 6.04 Å². The Bertz CT molecular complexity index is 185. The van der Waals surface area contributed by atoms with Crippen LogP contribution in [0.3, 0.4) is 0 Å². The highest BCUT2D eigenvalue weighted by Crippen LogP contribution is 2.19. The van der Waals surface area contributed by atoms with Crippen LogP contribution >= 0.6 is 0 Å². The summed E-state index contributed by atoms with van der Waals surface area (Å²) in [7, 11) is 0. The molecule has 3 heteroatoms. The van der Waals surface area contributed by atoms with E-state index in [0.717, 1.165) is 32.1 Å². The number of likely N-dealkylation sites (tertiary alicyclic amines) is 1. The average Bonchev–Trinajstić information content (AvgIpc) is 2.25. The monoisotopic (exact) mass is 228 g/mol. The van der Waals surface area contributed by atoms with Crippen LogP contribution in [0.15, 0.2) is 0 Å². The first-order valence-electron chi connectivity index (χ1n) is 6.77. The van der Waals surface area contributed by atoms with E-state index < -0.39 is 0 Å². The van der Waals surface area contributed by atoms with Crippen LogP contribution in [0.25, 0.3) is 0 Å². The maximum atomic E-state index is 9.41. The van der Waals surface area contributed by atoms with Gasteiger partial charge in [-0.3, -0.25) is 0 Å². The third-order valence-electron chi connectivity index (χ3n) is 3.49. The van der Waals surface area contributed by atoms with Gasteiger partial charge in [0.1, 0.15) is 0 Å². The van der Waals surface area contributed by atoms with Gasteiger partial charge in [-0.2, -0.15) is 0 Å². The van der Waals surface area contributed by atoms with Crippen molar-refractivity contribution in [3.8, 4) is 0 Å². The van der Waals surface area contributed by atoms with E-state index in [1.54, 1.807) is 0 Å². The quantitative estimate of drug-likeness (QED) is 0.722. The predicted molar refractivity (Wildman–Crippen MR) is 68.6 cm³/mol. The van der Waals surface area contributed by atoms with E-state index in [1.807, 2.05) is 6.92 Å². The van der Waals surface area contributed by atoms with E-state index in [9.17, 15) is 5.11 Å². The summed E-state index contributed by atoms with van der Waals surface area (Å²) in [4.78, 5) is 2.41. The molecule has 0 aromatic heterocycles. The Morgan fingerprint density at radius 3 is 2.81 bits per heavy atom. The number of nitrogens with zero attached hydrogens (tertiary/aromatic N) is 1. The molecule has 0 amide bonds. The van der Waals surface area contributed by atoms with Gasteiger partial charge in [-0.15, -0.1) is 0 Å². The Morgan fingerprint density at radius 2 is 2.19 bits per heavy atom. The third kappa shape index (κ3) is 4.81. The van der Waals surface area contributed by atoms with Gasteiger partial charge in [-0.1, -0.05) is 6.92 Å². The number of hydrogen-bond donors (Lipinski definition) is 2. The molecule has 1 saturated heterocycles. The van der Waals surface area contributed by atoms with Gasteiger partial charge in [0.05, 0.1) is 6.10 Å². The van der Waals surface area contributed by atoms with Crippen molar-refractivity contribution in [1.82, 2.24) is 10.2 Å². The van der Waals surface area contributed by atoms with Gasteiger partial charge < -0.3 is 15.3 Å². The Kier molecular flexibility index (Phi) is 6.32. The molecule has 0 aromatic rings. The van der Waals surface area contributed by atoms with Crippen LogP contribution in [-0.2, 0) is 0 Å². The minimum Gasteiger partial charge on any atom is -0.392 e. The lowest BCUT2D eigenvalue weighted by Crippen LogP contribution is -2.46. The van der Waals surface area contributed by atoms with E-state index in [-0.39, 0.29) is 6.10 Å². The lowest BCUT2D eigenvalue weighted by Gasteiger charge is -2.36. The SMILES string of the molecule is CCCNC(C)C1CCCN(CC(C)O)C1. The molecule has 16 heavy (non-hydrogen) atoms. The Morgan fingerprint density at radius 1 is 1.44 bits per heavy atom. The molecule has 3 atom stereocenters. The molecular formula is C13H28N2O. The van der Waals surface area contributed by atoms with Crippen LogP contribution in [0.5, 0.6) is 0 Å². The fourth-order valence-electron chi connectivity index (χ4n) is 2.58. The maximum absolute atomic E-state index is 9.41. The summed E-state index contributed by atoms with van der Waals surface area (Å²) in [6.07, 6.45) is 3.61. The molecule has 96 valence electrons. The third-order valence-corrected chi connectivity index (χ3v) is 3.49. The molecule has 1 fully saturated rings. The summed E-state index contributed by atoms with van der Waals surface area (Å²) in [5, 5.41) is 13.0. The largest absolute Gasteiger partial charge is 0.392 e. The number of piperidine rings is 1. The molecule has 0 aromatic carbocycles. The van der Waals surface area contributed by atoms with Crippen molar-refractivity contribution >= 4 is 0 Å². The number of aliphatic hydroxyl groups is 1. The Balaban J connectivity index is 2.31. The topological polar surface area (TPSA) is 35.5 Å². The van der Waals surface area contributed by atoms with Gasteiger partial charge in [0.25, 0.3) is 0 Å². The number of aliphatic hydroxyl groups excluding tert-OH is 1. The first kappa shape index (κ1) is 13.9. The highest BCUT2D eigenvalue weighted by molar-refractivity contribution is 4.80. The van der Waals surface area contributed by atoms with Gasteiger partial charge in [-0.05, 0) is 52.1 Å². The average molecular weight is 228 g/mol. The first-order chi connectivity index (χ1) is 7.63. The standard InChI is InChI=1S/C13H28N2O/c1-4-7-14-12(3)13-6-5-8-15(10-13)9-11(2)16/h11-14,16H,4-10H2,1-3H3. The normalized spacial score (nSPS) is 26.6. The van der Waals surface area contributed by atoms with Crippen LogP contribution in [-0.4, -0.2) is 48.3 Å². The van der Waals surface area contributed by atoms with Crippen LogP contribution in [0.2, 0.25) is 0 Å². The van der Waals surface area contributed by atoms with Crippen molar-refractivity contribution in [1.29, 1.82) is 0 Å². The summed E-state index contributed by atoms with van der Waals surface area (Å²) >= 11 is 0. The number of hydrogen-bond acceptors (Lipinski definition) is 3. The summed E-state index contributed by atoms with van der Waals surface area (Å²) < 4.78 is 0. The summed E-state index contributed by atoms with van der Waals surface area (Å²) in [5.74, 6) is 0.749. The lowest BCUT2D eigenvalue weighted by molar-refractivity contribution is 0.0863. The minimum atomic E-state index is -0.197. The molecule has 0 saturated carbocycles. The van der Waals surface area contributed by atoms with Gasteiger partial charge in [0.2, 0.25) is 0 Å². The van der Waals surface area contributed by atoms with Gasteiger partial charge >= 0.3 is 0 Å².